The molecule has 2 heterocycles. The lowest BCUT2D eigenvalue weighted by Gasteiger charge is -2.35. The van der Waals surface area contributed by atoms with Crippen LogP contribution in [0.25, 0.3) is 0 Å². The highest BCUT2D eigenvalue weighted by Gasteiger charge is 2.63. The van der Waals surface area contributed by atoms with Gasteiger partial charge in [0, 0.05) is 6.20 Å². The number of halogens is 4. The molecule has 2 aliphatic heterocycles. The van der Waals surface area contributed by atoms with Crippen LogP contribution < -0.4 is 15.5 Å². The number of hydrogen-bond donors (Lipinski definition) is 4. The minimum Gasteiger partial charge on any atom is -0.462 e. The van der Waals surface area contributed by atoms with Crippen LogP contribution in [-0.4, -0.2) is 95.9 Å². The molecular weight excluding hydrogens is 604 g/mol. The lowest BCUT2D eigenvalue weighted by atomic mass is 9.98. The van der Waals surface area contributed by atoms with Gasteiger partial charge in [-0.1, -0.05) is 11.6 Å². The van der Waals surface area contributed by atoms with E-state index in [1.807, 2.05) is 0 Å². The summed E-state index contributed by atoms with van der Waals surface area (Å²) in [5, 5.41) is 18.2. The first kappa shape index (κ1) is 34.7. The van der Waals surface area contributed by atoms with Gasteiger partial charge in [0.1, 0.15) is 18.2 Å². The summed E-state index contributed by atoms with van der Waals surface area (Å²) >= 11 is 11.4. The van der Waals surface area contributed by atoms with Gasteiger partial charge in [0.15, 0.2) is 24.6 Å². The van der Waals surface area contributed by atoms with Gasteiger partial charge in [0.2, 0.25) is 0 Å². The van der Waals surface area contributed by atoms with Gasteiger partial charge in [-0.25, -0.2) is 28.1 Å². The molecular formula is C22H35ClF3N4O8PS. The highest BCUT2D eigenvalue weighted by Crippen LogP contribution is 2.46. The molecule has 0 aromatic heterocycles. The molecule has 2 amide bonds. The maximum atomic E-state index is 15.4. The molecule has 12 nitrogen and oxygen atoms in total. The van der Waals surface area contributed by atoms with Crippen molar-refractivity contribution in [2.24, 2.45) is 0 Å². The fourth-order valence-corrected chi connectivity index (χ4v) is 6.76. The van der Waals surface area contributed by atoms with Gasteiger partial charge in [-0.3, -0.25) is 14.5 Å². The van der Waals surface area contributed by atoms with Gasteiger partial charge in [0.05, 0.1) is 30.4 Å². The van der Waals surface area contributed by atoms with Crippen LogP contribution in [0, 0.1) is 0 Å². The number of rotatable bonds is 13. The first-order valence-electron chi connectivity index (χ1n) is 12.3. The van der Waals surface area contributed by atoms with Crippen molar-refractivity contribution in [2.75, 3.05) is 13.2 Å². The summed E-state index contributed by atoms with van der Waals surface area (Å²) in [7, 11) is 0. The number of carbonyl (C=O) groups excluding carboxylic acids is 3. The molecule has 0 radical (unpaired) electrons. The standard InChI is InChI=1S/C22H35ClF3N4O8PS/c1-10(2)36-18(32)12(5)28-39(40,29-13(6)19(33)37-11(3)4)35-9-22(20(25)26)16(24)15(31)17(38-22)30-8-14(23)7-27-21(30)34/h8,10-13,15-17,20,31H,7,9H2,1-6H3,(H,27,34)(H2,28,29,40). The number of nitrogens with zero attached hydrogens (tertiary/aromatic N) is 1. The predicted molar refractivity (Wildman–Crippen MR) is 142 cm³/mol. The lowest BCUT2D eigenvalue weighted by molar-refractivity contribution is -0.183. The quantitative estimate of drug-likeness (QED) is 0.174. The summed E-state index contributed by atoms with van der Waals surface area (Å²) in [6, 6.07) is -3.16. The number of esters is 2. The molecule has 0 aliphatic carbocycles. The van der Waals surface area contributed by atoms with Crippen molar-refractivity contribution in [1.29, 1.82) is 0 Å². The van der Waals surface area contributed by atoms with E-state index in [9.17, 15) is 28.3 Å². The number of ether oxygens (including phenoxy) is 3. The Morgan fingerprint density at radius 3 is 2.15 bits per heavy atom. The molecule has 4 N–H and O–H groups in total. The Hall–Kier alpha value is -1.52. The molecule has 0 bridgehead atoms. The summed E-state index contributed by atoms with van der Waals surface area (Å²) in [6.45, 7) is 4.02. The molecule has 1 fully saturated rings. The van der Waals surface area contributed by atoms with Crippen LogP contribution in [0.2, 0.25) is 0 Å². The summed E-state index contributed by atoms with van der Waals surface area (Å²) < 4.78 is 65.5. The SMILES string of the molecule is CC(C)OC(=O)C(C)NP(=S)(NC(C)C(=O)OC(C)C)OCC1(C(F)F)OC(N2C=C(Cl)CNC2=O)C(O)C1F. The van der Waals surface area contributed by atoms with Gasteiger partial charge in [0.25, 0.3) is 6.43 Å². The monoisotopic (exact) mass is 638 g/mol. The lowest BCUT2D eigenvalue weighted by Crippen LogP contribution is -2.52. The van der Waals surface area contributed by atoms with Crippen LogP contribution in [0.1, 0.15) is 41.5 Å². The Morgan fingerprint density at radius 1 is 1.20 bits per heavy atom. The van der Waals surface area contributed by atoms with Crippen molar-refractivity contribution < 1.29 is 51.4 Å². The smallest absolute Gasteiger partial charge is 0.323 e. The van der Waals surface area contributed by atoms with Crippen LogP contribution in [0.5, 0.6) is 0 Å². The molecule has 0 saturated carbocycles. The van der Waals surface area contributed by atoms with Crippen molar-refractivity contribution in [2.45, 2.75) is 96.4 Å². The van der Waals surface area contributed by atoms with Gasteiger partial charge in [-0.15, -0.1) is 0 Å². The molecule has 0 aromatic carbocycles. The van der Waals surface area contributed by atoms with Gasteiger partial charge >= 0.3 is 18.0 Å². The van der Waals surface area contributed by atoms with Gasteiger partial charge in [-0.05, 0) is 53.3 Å². The summed E-state index contributed by atoms with van der Waals surface area (Å²) in [5.74, 6) is -1.52. The molecule has 18 heteroatoms. The topological polar surface area (TPSA) is 148 Å². The Labute approximate surface area is 240 Å². The maximum absolute atomic E-state index is 15.4. The molecule has 6 unspecified atom stereocenters. The number of aliphatic hydroxyl groups is 1. The van der Waals surface area contributed by atoms with Crippen molar-refractivity contribution in [1.82, 2.24) is 20.4 Å². The van der Waals surface area contributed by atoms with Crippen molar-refractivity contribution in [3.05, 3.63) is 11.2 Å². The number of urea groups is 1. The Bertz CT molecular complexity index is 995. The van der Waals surface area contributed by atoms with E-state index < -0.39 is 86.0 Å². The van der Waals surface area contributed by atoms with E-state index in [1.54, 1.807) is 27.7 Å². The van der Waals surface area contributed by atoms with Crippen LogP contribution in [-0.2, 0) is 40.1 Å². The summed E-state index contributed by atoms with van der Waals surface area (Å²) in [6.07, 6.45) is -10.4. The fraction of sp³-hybridized carbons (Fsp3) is 0.773. The van der Waals surface area contributed by atoms with E-state index in [4.69, 9.17) is 42.1 Å². The molecule has 230 valence electrons. The second-order valence-corrected chi connectivity index (χ2v) is 13.7. The molecule has 2 aliphatic rings. The van der Waals surface area contributed by atoms with E-state index >= 15 is 4.39 Å². The number of nitrogens with one attached hydrogen (secondary N) is 3. The molecule has 40 heavy (non-hydrogen) atoms. The van der Waals surface area contributed by atoms with E-state index in [1.165, 1.54) is 13.8 Å². The second kappa shape index (κ2) is 14.1. The number of hydrogen-bond acceptors (Lipinski definition) is 9. The van der Waals surface area contributed by atoms with Gasteiger partial charge in [-0.2, -0.15) is 0 Å². The maximum Gasteiger partial charge on any atom is 0.323 e. The van der Waals surface area contributed by atoms with Crippen LogP contribution in [0.3, 0.4) is 0 Å². The van der Waals surface area contributed by atoms with Crippen LogP contribution in [0.4, 0.5) is 18.0 Å². The van der Waals surface area contributed by atoms with E-state index in [0.717, 1.165) is 6.20 Å². The molecule has 2 rings (SSSR count). The second-order valence-electron chi connectivity index (χ2n) is 9.80. The predicted octanol–water partition coefficient (Wildman–Crippen LogP) is 2.25. The van der Waals surface area contributed by atoms with Crippen LogP contribution >= 0.6 is 18.2 Å². The first-order valence-corrected chi connectivity index (χ1v) is 15.4. The zero-order chi connectivity index (χ0) is 30.6. The third kappa shape index (κ3) is 8.51. The molecule has 0 aromatic rings. The average molecular weight is 639 g/mol. The van der Waals surface area contributed by atoms with Crippen LogP contribution in [0.15, 0.2) is 11.2 Å². The van der Waals surface area contributed by atoms with E-state index in [-0.39, 0.29) is 11.6 Å². The van der Waals surface area contributed by atoms with E-state index in [2.05, 4.69) is 15.5 Å². The third-order valence-electron chi connectivity index (χ3n) is 5.57. The van der Waals surface area contributed by atoms with Crippen molar-refractivity contribution in [3.8, 4) is 0 Å². The fourth-order valence-electron chi connectivity index (χ4n) is 3.65. The highest BCUT2D eigenvalue weighted by molar-refractivity contribution is 8.10. The zero-order valence-corrected chi connectivity index (χ0v) is 25.2. The molecule has 0 spiro atoms. The molecule has 1 saturated heterocycles. The number of alkyl halides is 3. The number of carbonyl (C=O) groups is 3. The zero-order valence-electron chi connectivity index (χ0n) is 22.7. The average Bonchev–Trinajstić information content (AvgIpc) is 3.09. The summed E-state index contributed by atoms with van der Waals surface area (Å²) in [5.41, 5.74) is -3.10. The molecule has 6 atom stereocenters. The van der Waals surface area contributed by atoms with Crippen molar-refractivity contribution in [3.63, 3.8) is 0 Å². The number of amides is 2. The Morgan fingerprint density at radius 2 is 1.70 bits per heavy atom. The number of aliphatic hydroxyl groups excluding tert-OH is 1. The third-order valence-corrected chi connectivity index (χ3v) is 8.70. The van der Waals surface area contributed by atoms with E-state index in [0.29, 0.717) is 4.90 Å². The normalized spacial score (nSPS) is 28.2. The Kier molecular flexibility index (Phi) is 12.2. The van der Waals surface area contributed by atoms with Crippen molar-refractivity contribution >= 4 is 47.9 Å². The first-order chi connectivity index (χ1) is 18.4. The minimum atomic E-state index is -3.84. The highest BCUT2D eigenvalue weighted by atomic mass is 35.5. The largest absolute Gasteiger partial charge is 0.462 e. The summed E-state index contributed by atoms with van der Waals surface area (Å²) in [4.78, 5) is 37.7. The Balaban J connectivity index is 2.35. The minimum absolute atomic E-state index is 0.0585. The van der Waals surface area contributed by atoms with Gasteiger partial charge < -0.3 is 29.2 Å².